The lowest BCUT2D eigenvalue weighted by Crippen LogP contribution is -2.42. The maximum Gasteiger partial charge on any atom is 0.224 e. The van der Waals surface area contributed by atoms with E-state index in [0.717, 1.165) is 0 Å². The van der Waals surface area contributed by atoms with E-state index in [4.69, 9.17) is 11.5 Å². The summed E-state index contributed by atoms with van der Waals surface area (Å²) in [5, 5.41) is 2.74. The zero-order valence-electron chi connectivity index (χ0n) is 7.54. The highest BCUT2D eigenvalue weighted by Crippen LogP contribution is 1.91. The second-order valence-corrected chi connectivity index (χ2v) is 2.78. The van der Waals surface area contributed by atoms with Crippen LogP contribution in [-0.4, -0.2) is 25.0 Å². The minimum absolute atomic E-state index is 0. The fourth-order valence-corrected chi connectivity index (χ4v) is 0.551. The van der Waals surface area contributed by atoms with Gasteiger partial charge < -0.3 is 16.8 Å². The summed E-state index contributed by atoms with van der Waals surface area (Å²) in [5.74, 6) is -0.144. The van der Waals surface area contributed by atoms with Crippen molar-refractivity contribution < 1.29 is 4.79 Å². The summed E-state index contributed by atoms with van der Waals surface area (Å²) in [5.41, 5.74) is 10.6. The molecular weight excluding hydrogens is 178 g/mol. The van der Waals surface area contributed by atoms with Crippen LogP contribution in [0.5, 0.6) is 0 Å². The Hall–Kier alpha value is -0.320. The average Bonchev–Trinajstić information content (AvgIpc) is 2.02. The first-order chi connectivity index (χ1) is 5.11. The van der Waals surface area contributed by atoms with Crippen LogP contribution in [-0.2, 0) is 4.79 Å². The summed E-state index contributed by atoms with van der Waals surface area (Å²) in [6.45, 7) is 4.49. The Balaban J connectivity index is 0. The van der Waals surface area contributed by atoms with E-state index < -0.39 is 0 Å². The van der Waals surface area contributed by atoms with Crippen molar-refractivity contribution in [1.82, 2.24) is 5.32 Å². The van der Waals surface area contributed by atoms with Crippen LogP contribution >= 0.6 is 12.4 Å². The third kappa shape index (κ3) is 5.35. The quantitative estimate of drug-likeness (QED) is 0.564. The molecule has 0 aliphatic heterocycles. The van der Waals surface area contributed by atoms with Crippen LogP contribution in [0.1, 0.15) is 13.8 Å². The maximum atomic E-state index is 11.1. The van der Waals surface area contributed by atoms with Crippen LogP contribution in [0.4, 0.5) is 0 Å². The van der Waals surface area contributed by atoms with Crippen LogP contribution in [0.25, 0.3) is 0 Å². The third-order valence-electron chi connectivity index (χ3n) is 1.54. The van der Waals surface area contributed by atoms with Crippen molar-refractivity contribution in [2.45, 2.75) is 19.9 Å². The average molecular weight is 196 g/mol. The molecule has 5 heteroatoms. The number of hydrogen-bond acceptors (Lipinski definition) is 3. The summed E-state index contributed by atoms with van der Waals surface area (Å²) < 4.78 is 0. The number of carbonyl (C=O) groups is 1. The van der Waals surface area contributed by atoms with Crippen LogP contribution in [0.2, 0.25) is 0 Å². The van der Waals surface area contributed by atoms with Gasteiger partial charge in [-0.2, -0.15) is 0 Å². The molecule has 0 saturated carbocycles. The van der Waals surface area contributed by atoms with Crippen LogP contribution in [0.3, 0.4) is 0 Å². The molecule has 0 aromatic rings. The molecule has 12 heavy (non-hydrogen) atoms. The highest BCUT2D eigenvalue weighted by atomic mass is 35.5. The fraction of sp³-hybridized carbons (Fsp3) is 0.857. The second kappa shape index (κ2) is 7.34. The number of nitrogens with two attached hydrogens (primary N) is 2. The van der Waals surface area contributed by atoms with Gasteiger partial charge in [0, 0.05) is 25.0 Å². The Morgan fingerprint density at radius 2 is 1.83 bits per heavy atom. The molecule has 4 nitrogen and oxygen atoms in total. The van der Waals surface area contributed by atoms with Crippen LogP contribution in [0, 0.1) is 5.92 Å². The van der Waals surface area contributed by atoms with Gasteiger partial charge in [-0.15, -0.1) is 12.4 Å². The molecule has 0 aliphatic carbocycles. The van der Waals surface area contributed by atoms with E-state index in [1.807, 2.05) is 6.92 Å². The van der Waals surface area contributed by atoms with Gasteiger partial charge in [0.05, 0.1) is 0 Å². The molecule has 0 spiro atoms. The Bertz CT molecular complexity index is 132. The predicted octanol–water partition coefficient (Wildman–Crippen LogP) is -0.534. The molecule has 0 rings (SSSR count). The first-order valence-electron chi connectivity index (χ1n) is 3.82. The first-order valence-corrected chi connectivity index (χ1v) is 3.82. The molecule has 2 atom stereocenters. The van der Waals surface area contributed by atoms with Gasteiger partial charge in [0.1, 0.15) is 0 Å². The topological polar surface area (TPSA) is 81.1 Å². The largest absolute Gasteiger partial charge is 0.352 e. The van der Waals surface area contributed by atoms with Crippen LogP contribution < -0.4 is 16.8 Å². The van der Waals surface area contributed by atoms with Crippen molar-refractivity contribution in [3.05, 3.63) is 0 Å². The van der Waals surface area contributed by atoms with Gasteiger partial charge in [-0.05, 0) is 6.92 Å². The smallest absolute Gasteiger partial charge is 0.224 e. The molecule has 5 N–H and O–H groups in total. The summed E-state index contributed by atoms with van der Waals surface area (Å²) in [6.07, 6.45) is 0. The van der Waals surface area contributed by atoms with Crippen molar-refractivity contribution >= 4 is 18.3 Å². The zero-order valence-corrected chi connectivity index (χ0v) is 8.36. The van der Waals surface area contributed by atoms with E-state index in [0.29, 0.717) is 13.1 Å². The number of carbonyl (C=O) groups excluding carboxylic acids is 1. The Morgan fingerprint density at radius 3 is 2.17 bits per heavy atom. The summed E-state index contributed by atoms with van der Waals surface area (Å²) in [6, 6.07) is 0.0384. The Labute approximate surface area is 79.5 Å². The van der Waals surface area contributed by atoms with E-state index in [9.17, 15) is 4.79 Å². The molecule has 0 aromatic carbocycles. The van der Waals surface area contributed by atoms with E-state index >= 15 is 0 Å². The minimum atomic E-state index is -0.121. The van der Waals surface area contributed by atoms with Crippen molar-refractivity contribution in [2.75, 3.05) is 13.1 Å². The van der Waals surface area contributed by atoms with Crippen LogP contribution in [0.15, 0.2) is 0 Å². The van der Waals surface area contributed by atoms with Crippen molar-refractivity contribution in [2.24, 2.45) is 17.4 Å². The molecule has 0 saturated heterocycles. The monoisotopic (exact) mass is 195 g/mol. The van der Waals surface area contributed by atoms with E-state index in [1.54, 1.807) is 6.92 Å². The number of halogens is 1. The van der Waals surface area contributed by atoms with Gasteiger partial charge in [-0.25, -0.2) is 0 Å². The summed E-state index contributed by atoms with van der Waals surface area (Å²) in [7, 11) is 0. The second-order valence-electron chi connectivity index (χ2n) is 2.78. The molecule has 0 aromatic heterocycles. The Morgan fingerprint density at radius 1 is 1.33 bits per heavy atom. The molecule has 0 bridgehead atoms. The first kappa shape index (κ1) is 14.2. The minimum Gasteiger partial charge on any atom is -0.352 e. The normalized spacial score (nSPS) is 14.3. The van der Waals surface area contributed by atoms with E-state index in [1.165, 1.54) is 0 Å². The molecule has 1 unspecified atom stereocenters. The molecular formula is C7H18ClN3O. The number of hydrogen-bond donors (Lipinski definition) is 3. The van der Waals surface area contributed by atoms with Gasteiger partial charge in [0.25, 0.3) is 0 Å². The predicted molar refractivity (Wildman–Crippen MR) is 52.1 cm³/mol. The highest BCUT2D eigenvalue weighted by Gasteiger charge is 2.11. The lowest BCUT2D eigenvalue weighted by atomic mass is 10.1. The fourth-order valence-electron chi connectivity index (χ4n) is 0.551. The number of nitrogens with one attached hydrogen (secondary N) is 1. The molecule has 0 fully saturated rings. The standard InChI is InChI=1S/C7H17N3O.ClH/c1-5(3-8)7(11)10-6(2)4-9;/h5-6H,3-4,8-9H2,1-2H3,(H,10,11);1H/t5?,6-;/m1./s1. The molecule has 0 radical (unpaired) electrons. The zero-order chi connectivity index (χ0) is 8.85. The Kier molecular flexibility index (Phi) is 8.69. The number of rotatable bonds is 4. The van der Waals surface area contributed by atoms with Gasteiger partial charge in [-0.3, -0.25) is 4.79 Å². The summed E-state index contributed by atoms with van der Waals surface area (Å²) in [4.78, 5) is 11.1. The SMILES string of the molecule is CC(CN)C(=O)N[C@H](C)CN.Cl. The lowest BCUT2D eigenvalue weighted by Gasteiger charge is -2.14. The molecule has 74 valence electrons. The third-order valence-corrected chi connectivity index (χ3v) is 1.54. The van der Waals surface area contributed by atoms with Crippen molar-refractivity contribution in [3.63, 3.8) is 0 Å². The van der Waals surface area contributed by atoms with Crippen molar-refractivity contribution in [3.8, 4) is 0 Å². The molecule has 1 amide bonds. The van der Waals surface area contributed by atoms with Gasteiger partial charge >= 0.3 is 0 Å². The van der Waals surface area contributed by atoms with Gasteiger partial charge in [0.2, 0.25) is 5.91 Å². The number of amides is 1. The van der Waals surface area contributed by atoms with Gasteiger partial charge in [-0.1, -0.05) is 6.92 Å². The molecule has 0 aliphatic rings. The summed E-state index contributed by atoms with van der Waals surface area (Å²) >= 11 is 0. The van der Waals surface area contributed by atoms with E-state index in [-0.39, 0.29) is 30.3 Å². The van der Waals surface area contributed by atoms with Gasteiger partial charge in [0.15, 0.2) is 0 Å². The molecule has 0 heterocycles. The highest BCUT2D eigenvalue weighted by molar-refractivity contribution is 5.85. The van der Waals surface area contributed by atoms with E-state index in [2.05, 4.69) is 5.32 Å². The maximum absolute atomic E-state index is 11.1. The lowest BCUT2D eigenvalue weighted by molar-refractivity contribution is -0.124. The van der Waals surface area contributed by atoms with Crippen molar-refractivity contribution in [1.29, 1.82) is 0 Å².